The molecule has 0 saturated heterocycles. The molecule has 0 fully saturated rings. The van der Waals surface area contributed by atoms with E-state index < -0.39 is 0 Å². The number of hydrogen-bond donors (Lipinski definition) is 2. The number of carbonyl (C=O) groups excluding carboxylic acids is 2. The molecular formula is C23H30N2O4. The highest BCUT2D eigenvalue weighted by Crippen LogP contribution is 2.25. The maximum absolute atomic E-state index is 11.8. The smallest absolute Gasteiger partial charge is 0.325 e. The minimum absolute atomic E-state index is 0.0969. The largest absolute Gasteiger partial charge is 0.464 e. The van der Waals surface area contributed by atoms with Crippen molar-refractivity contribution in [3.05, 3.63) is 60.7 Å². The van der Waals surface area contributed by atoms with Gasteiger partial charge in [0.2, 0.25) is 0 Å². The first-order valence-electron chi connectivity index (χ1n) is 9.84. The predicted molar refractivity (Wildman–Crippen MR) is 115 cm³/mol. The molecule has 0 radical (unpaired) electrons. The Morgan fingerprint density at radius 1 is 0.724 bits per heavy atom. The zero-order chi connectivity index (χ0) is 21.0. The number of esters is 2. The van der Waals surface area contributed by atoms with Gasteiger partial charge in [0.15, 0.2) is 0 Å². The minimum atomic E-state index is -0.289. The predicted octanol–water partition coefficient (Wildman–Crippen LogP) is 4.10. The molecule has 2 aromatic carbocycles. The molecule has 2 aromatic rings. The van der Waals surface area contributed by atoms with Gasteiger partial charge < -0.3 is 20.1 Å². The van der Waals surface area contributed by atoms with Crippen LogP contribution in [0.1, 0.15) is 26.7 Å². The molecule has 156 valence electrons. The molecular weight excluding hydrogens is 368 g/mol. The van der Waals surface area contributed by atoms with Gasteiger partial charge in [0.1, 0.15) is 13.1 Å². The van der Waals surface area contributed by atoms with Crippen molar-refractivity contribution in [3.63, 3.8) is 0 Å². The van der Waals surface area contributed by atoms with Gasteiger partial charge in [-0.1, -0.05) is 50.2 Å². The molecule has 0 bridgehead atoms. The summed E-state index contributed by atoms with van der Waals surface area (Å²) >= 11 is 0. The molecule has 0 saturated carbocycles. The normalized spacial score (nSPS) is 10.8. The maximum atomic E-state index is 11.8. The Bertz CT molecular complexity index is 684. The second kappa shape index (κ2) is 11.7. The molecule has 0 aliphatic heterocycles. The summed E-state index contributed by atoms with van der Waals surface area (Å²) in [6.45, 7) is 5.09. The standard InChI is InChI=1S/C23H30N2O4/c1-23(2,13-15-28-21(26)17-24-19-9-5-3-6-10-19)14-16-29-22(27)18-25-20-11-7-4-8-12-20/h3-12,24-25H,13-18H2,1-2H3. The Labute approximate surface area is 172 Å². The SMILES string of the molecule is CC(C)(CCOC(=O)CNc1ccccc1)CCOC(=O)CNc1ccccc1. The highest BCUT2D eigenvalue weighted by atomic mass is 16.5. The quantitative estimate of drug-likeness (QED) is 0.524. The molecule has 6 heteroatoms. The van der Waals surface area contributed by atoms with E-state index >= 15 is 0 Å². The number of hydrogen-bond acceptors (Lipinski definition) is 6. The van der Waals surface area contributed by atoms with Gasteiger partial charge in [-0.05, 0) is 42.5 Å². The lowest BCUT2D eigenvalue weighted by molar-refractivity contribution is -0.142. The highest BCUT2D eigenvalue weighted by molar-refractivity contribution is 5.75. The lowest BCUT2D eigenvalue weighted by atomic mass is 9.86. The summed E-state index contributed by atoms with van der Waals surface area (Å²) in [5.41, 5.74) is 1.67. The molecule has 0 aromatic heterocycles. The van der Waals surface area contributed by atoms with Gasteiger partial charge in [-0.3, -0.25) is 9.59 Å². The summed E-state index contributed by atoms with van der Waals surface area (Å²) in [5.74, 6) is -0.578. The van der Waals surface area contributed by atoms with Crippen molar-refractivity contribution in [3.8, 4) is 0 Å². The average Bonchev–Trinajstić information content (AvgIpc) is 2.72. The van der Waals surface area contributed by atoms with Crippen molar-refractivity contribution >= 4 is 23.3 Å². The van der Waals surface area contributed by atoms with E-state index in [-0.39, 0.29) is 30.4 Å². The van der Waals surface area contributed by atoms with E-state index in [0.29, 0.717) is 26.1 Å². The van der Waals surface area contributed by atoms with Crippen LogP contribution in [0.3, 0.4) is 0 Å². The summed E-state index contributed by atoms with van der Waals surface area (Å²) in [4.78, 5) is 23.7. The fraction of sp³-hybridized carbons (Fsp3) is 0.391. The van der Waals surface area contributed by atoms with Crippen molar-refractivity contribution in [2.45, 2.75) is 26.7 Å². The molecule has 2 N–H and O–H groups in total. The zero-order valence-corrected chi connectivity index (χ0v) is 17.1. The van der Waals surface area contributed by atoms with Crippen molar-refractivity contribution < 1.29 is 19.1 Å². The first kappa shape index (κ1) is 22.3. The number of nitrogens with one attached hydrogen (secondary N) is 2. The van der Waals surface area contributed by atoms with Crippen LogP contribution < -0.4 is 10.6 Å². The van der Waals surface area contributed by atoms with E-state index in [1.54, 1.807) is 0 Å². The fourth-order valence-corrected chi connectivity index (χ4v) is 2.57. The van der Waals surface area contributed by atoms with Crippen molar-refractivity contribution in [2.75, 3.05) is 36.9 Å². The second-order valence-electron chi connectivity index (χ2n) is 7.54. The second-order valence-corrected chi connectivity index (χ2v) is 7.54. The fourth-order valence-electron chi connectivity index (χ4n) is 2.57. The van der Waals surface area contributed by atoms with Gasteiger partial charge in [0.05, 0.1) is 13.2 Å². The number of anilines is 2. The first-order chi connectivity index (χ1) is 13.9. The minimum Gasteiger partial charge on any atom is -0.464 e. The average molecular weight is 399 g/mol. The molecule has 0 spiro atoms. The van der Waals surface area contributed by atoms with Crippen LogP contribution in [0.15, 0.2) is 60.7 Å². The number of ether oxygens (including phenoxy) is 2. The summed E-state index contributed by atoms with van der Waals surface area (Å²) in [7, 11) is 0. The van der Waals surface area contributed by atoms with Crippen LogP contribution in [0.4, 0.5) is 11.4 Å². The molecule has 0 atom stereocenters. The molecule has 6 nitrogen and oxygen atoms in total. The van der Waals surface area contributed by atoms with Crippen LogP contribution in [0.5, 0.6) is 0 Å². The first-order valence-corrected chi connectivity index (χ1v) is 9.84. The Kier molecular flexibility index (Phi) is 9.02. The number of carbonyl (C=O) groups is 2. The maximum Gasteiger partial charge on any atom is 0.325 e. The van der Waals surface area contributed by atoms with E-state index in [2.05, 4.69) is 24.5 Å². The van der Waals surface area contributed by atoms with Crippen LogP contribution in [0, 0.1) is 5.41 Å². The summed E-state index contributed by atoms with van der Waals surface area (Å²) in [5, 5.41) is 6.05. The molecule has 0 aliphatic carbocycles. The Morgan fingerprint density at radius 3 is 1.48 bits per heavy atom. The molecule has 0 heterocycles. The van der Waals surface area contributed by atoms with E-state index in [1.165, 1.54) is 0 Å². The molecule has 0 unspecified atom stereocenters. The zero-order valence-electron chi connectivity index (χ0n) is 17.1. The molecule has 0 amide bonds. The Hall–Kier alpha value is -3.02. The number of para-hydroxylation sites is 2. The molecule has 29 heavy (non-hydrogen) atoms. The Balaban J connectivity index is 1.55. The van der Waals surface area contributed by atoms with Crippen molar-refractivity contribution in [1.29, 1.82) is 0 Å². The number of benzene rings is 2. The number of rotatable bonds is 12. The van der Waals surface area contributed by atoms with Crippen LogP contribution in [0.25, 0.3) is 0 Å². The lowest BCUT2D eigenvalue weighted by Crippen LogP contribution is -2.23. The molecule has 2 rings (SSSR count). The van der Waals surface area contributed by atoms with Crippen LogP contribution in [-0.4, -0.2) is 38.2 Å². The Morgan fingerprint density at radius 2 is 1.10 bits per heavy atom. The van der Waals surface area contributed by atoms with E-state index in [4.69, 9.17) is 9.47 Å². The van der Waals surface area contributed by atoms with Crippen LogP contribution in [0.2, 0.25) is 0 Å². The summed E-state index contributed by atoms with van der Waals surface area (Å²) in [6.07, 6.45) is 1.40. The topological polar surface area (TPSA) is 76.7 Å². The van der Waals surface area contributed by atoms with E-state index in [9.17, 15) is 9.59 Å². The monoisotopic (exact) mass is 398 g/mol. The van der Waals surface area contributed by atoms with E-state index in [0.717, 1.165) is 11.4 Å². The third kappa shape index (κ3) is 9.65. The van der Waals surface area contributed by atoms with Gasteiger partial charge in [-0.2, -0.15) is 0 Å². The van der Waals surface area contributed by atoms with Crippen LogP contribution >= 0.6 is 0 Å². The summed E-state index contributed by atoms with van der Waals surface area (Å²) < 4.78 is 10.6. The summed E-state index contributed by atoms with van der Waals surface area (Å²) in [6, 6.07) is 19.0. The third-order valence-electron chi connectivity index (χ3n) is 4.51. The van der Waals surface area contributed by atoms with Crippen molar-refractivity contribution in [1.82, 2.24) is 0 Å². The van der Waals surface area contributed by atoms with Gasteiger partial charge in [0, 0.05) is 11.4 Å². The van der Waals surface area contributed by atoms with Gasteiger partial charge >= 0.3 is 11.9 Å². The highest BCUT2D eigenvalue weighted by Gasteiger charge is 2.19. The van der Waals surface area contributed by atoms with Gasteiger partial charge in [0.25, 0.3) is 0 Å². The van der Waals surface area contributed by atoms with Gasteiger partial charge in [-0.15, -0.1) is 0 Å². The van der Waals surface area contributed by atoms with Crippen LogP contribution in [-0.2, 0) is 19.1 Å². The van der Waals surface area contributed by atoms with Gasteiger partial charge in [-0.25, -0.2) is 0 Å². The molecule has 0 aliphatic rings. The third-order valence-corrected chi connectivity index (χ3v) is 4.51. The van der Waals surface area contributed by atoms with Crippen molar-refractivity contribution in [2.24, 2.45) is 5.41 Å². The lowest BCUT2D eigenvalue weighted by Gasteiger charge is -2.24. The van der Waals surface area contributed by atoms with E-state index in [1.807, 2.05) is 60.7 Å².